The Morgan fingerprint density at radius 1 is 0.408 bits per heavy atom. The highest BCUT2D eigenvalue weighted by Crippen LogP contribution is 2.37. The van der Waals surface area contributed by atoms with Crippen molar-refractivity contribution in [3.63, 3.8) is 0 Å². The number of benzene rings is 6. The van der Waals surface area contributed by atoms with Gasteiger partial charge in [-0.15, -0.1) is 0 Å². The van der Waals surface area contributed by atoms with Crippen LogP contribution in [-0.2, 0) is 0 Å². The van der Waals surface area contributed by atoms with Gasteiger partial charge in [0.1, 0.15) is 11.0 Å². The number of nitrogens with zero attached hydrogens (tertiary/aromatic N) is 6. The predicted octanol–water partition coefficient (Wildman–Crippen LogP) is 10.5. The standard InChI is InChI=1S/C42H28N6S/c1-25-10-14-29(15-11-25)40-44-41(30-16-12-26(2)13-17-30)46-42(45-40)32-7-5-6-31(24-32)27-18-20-28(21-19-27)38-34-22-23-36-39(48-49-47-36)37(34)33-8-3-4-9-35(33)43-38/h3-24H,1-2H3. The molecular formula is C42H28N6S. The molecular weight excluding hydrogens is 621 g/mol. The van der Waals surface area contributed by atoms with Gasteiger partial charge in [0.15, 0.2) is 17.5 Å². The third-order valence-electron chi connectivity index (χ3n) is 8.96. The molecule has 7 heteroatoms. The monoisotopic (exact) mass is 648 g/mol. The first-order chi connectivity index (χ1) is 24.1. The normalized spacial score (nSPS) is 11.5. The van der Waals surface area contributed by atoms with Gasteiger partial charge in [0.25, 0.3) is 0 Å². The smallest absolute Gasteiger partial charge is 0.164 e. The maximum absolute atomic E-state index is 5.13. The van der Waals surface area contributed by atoms with Crippen LogP contribution in [0.25, 0.3) is 89.3 Å². The highest BCUT2D eigenvalue weighted by Gasteiger charge is 2.16. The van der Waals surface area contributed by atoms with Crippen molar-refractivity contribution in [1.82, 2.24) is 28.7 Å². The van der Waals surface area contributed by atoms with E-state index in [2.05, 4.69) is 138 Å². The maximum Gasteiger partial charge on any atom is 0.164 e. The first kappa shape index (κ1) is 29.0. The predicted molar refractivity (Wildman–Crippen MR) is 200 cm³/mol. The van der Waals surface area contributed by atoms with E-state index >= 15 is 0 Å². The fraction of sp³-hybridized carbons (Fsp3) is 0.0476. The lowest BCUT2D eigenvalue weighted by Gasteiger charge is -2.12. The highest BCUT2D eigenvalue weighted by atomic mass is 32.1. The molecule has 0 N–H and O–H groups in total. The lowest BCUT2D eigenvalue weighted by Crippen LogP contribution is -2.00. The van der Waals surface area contributed by atoms with Gasteiger partial charge in [0, 0.05) is 38.4 Å². The molecule has 9 rings (SSSR count). The van der Waals surface area contributed by atoms with Crippen molar-refractivity contribution in [2.24, 2.45) is 0 Å². The van der Waals surface area contributed by atoms with Crippen molar-refractivity contribution in [1.29, 1.82) is 0 Å². The summed E-state index contributed by atoms with van der Waals surface area (Å²) in [4.78, 5) is 20.0. The molecule has 0 aliphatic rings. The quantitative estimate of drug-likeness (QED) is 0.173. The maximum atomic E-state index is 5.13. The Hall–Kier alpha value is -6.18. The Kier molecular flexibility index (Phi) is 6.99. The number of hydrogen-bond donors (Lipinski definition) is 0. The fourth-order valence-corrected chi connectivity index (χ4v) is 6.87. The molecule has 3 aromatic heterocycles. The summed E-state index contributed by atoms with van der Waals surface area (Å²) in [6.07, 6.45) is 0. The zero-order valence-electron chi connectivity index (χ0n) is 26.8. The van der Waals surface area contributed by atoms with E-state index in [0.29, 0.717) is 17.5 Å². The first-order valence-corrected chi connectivity index (χ1v) is 16.9. The van der Waals surface area contributed by atoms with Gasteiger partial charge in [0.05, 0.1) is 22.9 Å². The first-order valence-electron chi connectivity index (χ1n) is 16.1. The molecule has 49 heavy (non-hydrogen) atoms. The van der Waals surface area contributed by atoms with Crippen LogP contribution in [0.2, 0.25) is 0 Å². The number of fused-ring (bicyclic) bond motifs is 5. The molecule has 0 bridgehead atoms. The molecule has 0 saturated carbocycles. The molecule has 0 aliphatic heterocycles. The van der Waals surface area contributed by atoms with Gasteiger partial charge in [-0.25, -0.2) is 19.9 Å². The van der Waals surface area contributed by atoms with Crippen LogP contribution in [0.4, 0.5) is 0 Å². The Bertz CT molecular complexity index is 2600. The SMILES string of the molecule is Cc1ccc(-c2nc(-c3ccc(C)cc3)nc(-c3cccc(-c4ccc(-c5nc6ccccc6c6c5ccc5nsnc56)cc4)c3)n2)cc1. The lowest BCUT2D eigenvalue weighted by molar-refractivity contribution is 1.07. The van der Waals surface area contributed by atoms with E-state index in [1.54, 1.807) is 0 Å². The van der Waals surface area contributed by atoms with Crippen LogP contribution in [0.3, 0.4) is 0 Å². The molecule has 0 fully saturated rings. The van der Waals surface area contributed by atoms with Crippen LogP contribution < -0.4 is 0 Å². The van der Waals surface area contributed by atoms with Gasteiger partial charge in [-0.05, 0) is 49.2 Å². The summed E-state index contributed by atoms with van der Waals surface area (Å²) in [5, 5.41) is 3.25. The van der Waals surface area contributed by atoms with Crippen LogP contribution in [-0.4, -0.2) is 28.7 Å². The number of hydrogen-bond acceptors (Lipinski definition) is 7. The molecule has 0 amide bonds. The Morgan fingerprint density at radius 2 is 1.00 bits per heavy atom. The van der Waals surface area contributed by atoms with E-state index in [0.717, 1.165) is 71.8 Å². The third-order valence-corrected chi connectivity index (χ3v) is 9.50. The number of aryl methyl sites for hydroxylation is 2. The van der Waals surface area contributed by atoms with E-state index in [4.69, 9.17) is 19.9 Å². The Labute approximate surface area is 287 Å². The van der Waals surface area contributed by atoms with Gasteiger partial charge in [0.2, 0.25) is 0 Å². The van der Waals surface area contributed by atoms with Crippen molar-refractivity contribution < 1.29 is 0 Å². The molecule has 0 aliphatic carbocycles. The summed E-state index contributed by atoms with van der Waals surface area (Å²) in [5.74, 6) is 1.93. The minimum absolute atomic E-state index is 0.634. The summed E-state index contributed by atoms with van der Waals surface area (Å²) >= 11 is 1.24. The van der Waals surface area contributed by atoms with Crippen LogP contribution in [0, 0.1) is 13.8 Å². The van der Waals surface area contributed by atoms with Crippen molar-refractivity contribution in [3.05, 3.63) is 145 Å². The van der Waals surface area contributed by atoms with Gasteiger partial charge < -0.3 is 0 Å². The molecule has 6 nitrogen and oxygen atoms in total. The van der Waals surface area contributed by atoms with E-state index in [9.17, 15) is 0 Å². The highest BCUT2D eigenvalue weighted by molar-refractivity contribution is 7.00. The average Bonchev–Trinajstić information content (AvgIpc) is 3.64. The number of para-hydroxylation sites is 1. The zero-order valence-corrected chi connectivity index (χ0v) is 27.6. The van der Waals surface area contributed by atoms with Crippen LogP contribution in [0.1, 0.15) is 11.1 Å². The van der Waals surface area contributed by atoms with Crippen molar-refractivity contribution in [3.8, 4) is 56.5 Å². The molecule has 0 atom stereocenters. The summed E-state index contributed by atoms with van der Waals surface area (Å²) in [6, 6.07) is 46.0. The van der Waals surface area contributed by atoms with E-state index in [-0.39, 0.29) is 0 Å². The van der Waals surface area contributed by atoms with Crippen molar-refractivity contribution in [2.45, 2.75) is 13.8 Å². The molecule has 0 radical (unpaired) electrons. The van der Waals surface area contributed by atoms with Crippen LogP contribution >= 0.6 is 11.7 Å². The van der Waals surface area contributed by atoms with Crippen molar-refractivity contribution >= 4 is 44.4 Å². The van der Waals surface area contributed by atoms with Gasteiger partial charge in [-0.1, -0.05) is 120 Å². The third kappa shape index (κ3) is 5.30. The van der Waals surface area contributed by atoms with Crippen LogP contribution in [0.5, 0.6) is 0 Å². The lowest BCUT2D eigenvalue weighted by atomic mass is 9.97. The van der Waals surface area contributed by atoms with E-state index in [1.807, 2.05) is 18.2 Å². The zero-order chi connectivity index (χ0) is 32.9. The Balaban J connectivity index is 1.12. The van der Waals surface area contributed by atoms with Gasteiger partial charge in [-0.2, -0.15) is 8.75 Å². The number of pyridine rings is 1. The van der Waals surface area contributed by atoms with E-state index < -0.39 is 0 Å². The second kappa shape index (κ2) is 11.8. The molecule has 0 spiro atoms. The summed E-state index contributed by atoms with van der Waals surface area (Å²) in [5.41, 5.74) is 12.1. The van der Waals surface area contributed by atoms with Crippen molar-refractivity contribution in [2.75, 3.05) is 0 Å². The molecule has 0 unspecified atom stereocenters. The van der Waals surface area contributed by atoms with Gasteiger partial charge in [-0.3, -0.25) is 0 Å². The largest absolute Gasteiger partial charge is 0.247 e. The summed E-state index contributed by atoms with van der Waals surface area (Å²) < 4.78 is 9.16. The second-order valence-electron chi connectivity index (χ2n) is 12.3. The minimum atomic E-state index is 0.634. The molecule has 6 aromatic carbocycles. The molecule has 0 saturated heterocycles. The fourth-order valence-electron chi connectivity index (χ4n) is 6.33. The summed E-state index contributed by atoms with van der Waals surface area (Å²) in [6.45, 7) is 4.16. The van der Waals surface area contributed by atoms with Gasteiger partial charge >= 0.3 is 0 Å². The number of rotatable bonds is 5. The minimum Gasteiger partial charge on any atom is -0.247 e. The Morgan fingerprint density at radius 3 is 1.69 bits per heavy atom. The van der Waals surface area contributed by atoms with E-state index in [1.165, 1.54) is 22.9 Å². The molecule has 9 aromatic rings. The van der Waals surface area contributed by atoms with Crippen LogP contribution in [0.15, 0.2) is 133 Å². The topological polar surface area (TPSA) is 77.3 Å². The molecule has 232 valence electrons. The second-order valence-corrected chi connectivity index (χ2v) is 12.8. The summed E-state index contributed by atoms with van der Waals surface area (Å²) in [7, 11) is 0. The number of aromatic nitrogens is 6. The average molecular weight is 649 g/mol. The molecule has 3 heterocycles.